The van der Waals surface area contributed by atoms with Gasteiger partial charge in [0, 0.05) is 0 Å². The molecule has 2 rings (SSSR count). The second kappa shape index (κ2) is 1.69. The minimum Gasteiger partial charge on any atom is -0.382 e. The Bertz CT molecular complexity index is 297. The van der Waals surface area contributed by atoms with Gasteiger partial charge in [0.25, 0.3) is 0 Å². The Morgan fingerprint density at radius 3 is 3.20 bits per heavy atom. The van der Waals surface area contributed by atoms with Crippen LogP contribution in [-0.2, 0) is 0 Å². The van der Waals surface area contributed by atoms with E-state index < -0.39 is 0 Å². The Labute approximate surface area is 61.3 Å². The van der Waals surface area contributed by atoms with Gasteiger partial charge in [0.15, 0.2) is 0 Å². The van der Waals surface area contributed by atoms with Crippen LogP contribution in [0.5, 0.6) is 0 Å². The SMILES string of the molecule is Cc1nn2cc(N)nc2s1. The highest BCUT2D eigenvalue weighted by Crippen LogP contribution is 2.13. The molecule has 5 heteroatoms. The molecule has 0 aliphatic carbocycles. The maximum absolute atomic E-state index is 5.42. The first-order chi connectivity index (χ1) is 4.75. The van der Waals surface area contributed by atoms with E-state index in [1.807, 2.05) is 6.92 Å². The molecule has 0 radical (unpaired) electrons. The molecule has 0 bridgehead atoms. The Morgan fingerprint density at radius 2 is 2.50 bits per heavy atom. The van der Waals surface area contributed by atoms with E-state index >= 15 is 0 Å². The van der Waals surface area contributed by atoms with Crippen molar-refractivity contribution in [1.82, 2.24) is 14.6 Å². The minimum atomic E-state index is 0.527. The highest BCUT2D eigenvalue weighted by atomic mass is 32.1. The van der Waals surface area contributed by atoms with Crippen molar-refractivity contribution < 1.29 is 0 Å². The van der Waals surface area contributed by atoms with Crippen molar-refractivity contribution in [2.45, 2.75) is 6.92 Å². The standard InChI is InChI=1S/C5H6N4S/c1-3-8-9-2-4(6)7-5(9)10-3/h2H,6H2,1H3. The van der Waals surface area contributed by atoms with Gasteiger partial charge in [-0.05, 0) is 6.92 Å². The zero-order valence-electron chi connectivity index (χ0n) is 5.40. The number of aryl methyl sites for hydroxylation is 1. The molecule has 0 atom stereocenters. The van der Waals surface area contributed by atoms with Crippen LogP contribution in [0.25, 0.3) is 4.96 Å². The van der Waals surface area contributed by atoms with Gasteiger partial charge in [-0.2, -0.15) is 5.10 Å². The fraction of sp³-hybridized carbons (Fsp3) is 0.200. The Kier molecular flexibility index (Phi) is 0.960. The largest absolute Gasteiger partial charge is 0.382 e. The summed E-state index contributed by atoms with van der Waals surface area (Å²) in [5, 5.41) is 5.13. The van der Waals surface area contributed by atoms with Crippen molar-refractivity contribution in [3.8, 4) is 0 Å². The lowest BCUT2D eigenvalue weighted by atomic mass is 10.8. The van der Waals surface area contributed by atoms with Crippen LogP contribution in [0.3, 0.4) is 0 Å². The van der Waals surface area contributed by atoms with E-state index in [2.05, 4.69) is 10.1 Å². The molecule has 0 unspecified atom stereocenters. The van der Waals surface area contributed by atoms with Crippen molar-refractivity contribution in [3.05, 3.63) is 11.2 Å². The van der Waals surface area contributed by atoms with E-state index in [0.29, 0.717) is 5.82 Å². The molecule has 0 saturated carbocycles. The van der Waals surface area contributed by atoms with Crippen LogP contribution in [0, 0.1) is 6.92 Å². The number of anilines is 1. The van der Waals surface area contributed by atoms with E-state index in [1.165, 1.54) is 11.3 Å². The van der Waals surface area contributed by atoms with Gasteiger partial charge in [-0.15, -0.1) is 0 Å². The smallest absolute Gasteiger partial charge is 0.214 e. The minimum absolute atomic E-state index is 0.527. The van der Waals surface area contributed by atoms with Gasteiger partial charge in [0.1, 0.15) is 10.8 Å². The molecule has 0 aliphatic heterocycles. The van der Waals surface area contributed by atoms with Gasteiger partial charge in [-0.3, -0.25) is 0 Å². The van der Waals surface area contributed by atoms with Crippen LogP contribution < -0.4 is 5.73 Å². The predicted octanol–water partition coefficient (Wildman–Crippen LogP) is 0.681. The molecule has 0 spiro atoms. The summed E-state index contributed by atoms with van der Waals surface area (Å²) >= 11 is 1.53. The molecule has 0 amide bonds. The number of nitrogens with zero attached hydrogens (tertiary/aromatic N) is 3. The molecule has 52 valence electrons. The zero-order chi connectivity index (χ0) is 7.14. The van der Waals surface area contributed by atoms with Crippen molar-refractivity contribution in [2.75, 3.05) is 5.73 Å². The summed E-state index contributed by atoms with van der Waals surface area (Å²) in [6.45, 7) is 1.94. The Hall–Kier alpha value is -1.10. The van der Waals surface area contributed by atoms with Crippen molar-refractivity contribution in [1.29, 1.82) is 0 Å². The molecule has 2 aromatic heterocycles. The maximum Gasteiger partial charge on any atom is 0.214 e. The summed E-state index contributed by atoms with van der Waals surface area (Å²) in [4.78, 5) is 4.89. The highest BCUT2D eigenvalue weighted by molar-refractivity contribution is 7.16. The number of fused-ring (bicyclic) bond motifs is 1. The lowest BCUT2D eigenvalue weighted by molar-refractivity contribution is 0.946. The molecule has 2 heterocycles. The van der Waals surface area contributed by atoms with Gasteiger partial charge in [0.2, 0.25) is 4.96 Å². The summed E-state index contributed by atoms with van der Waals surface area (Å²) < 4.78 is 1.69. The molecule has 2 N–H and O–H groups in total. The Morgan fingerprint density at radius 1 is 1.70 bits per heavy atom. The molecule has 0 saturated heterocycles. The van der Waals surface area contributed by atoms with E-state index in [9.17, 15) is 0 Å². The normalized spacial score (nSPS) is 10.9. The first-order valence-corrected chi connectivity index (χ1v) is 3.65. The molecule has 0 aliphatic rings. The van der Waals surface area contributed by atoms with E-state index in [1.54, 1.807) is 10.7 Å². The summed E-state index contributed by atoms with van der Waals surface area (Å²) in [5.41, 5.74) is 5.42. The number of aromatic nitrogens is 3. The molecule has 10 heavy (non-hydrogen) atoms. The third kappa shape index (κ3) is 0.672. The first-order valence-electron chi connectivity index (χ1n) is 2.84. The molecule has 0 fully saturated rings. The number of imidazole rings is 1. The highest BCUT2D eigenvalue weighted by Gasteiger charge is 2.01. The quantitative estimate of drug-likeness (QED) is 0.607. The molecular formula is C5H6N4S. The number of rotatable bonds is 0. The fourth-order valence-corrected chi connectivity index (χ4v) is 1.55. The fourth-order valence-electron chi connectivity index (χ4n) is 0.817. The van der Waals surface area contributed by atoms with Gasteiger partial charge in [-0.25, -0.2) is 9.50 Å². The summed E-state index contributed by atoms with van der Waals surface area (Å²) in [6, 6.07) is 0. The van der Waals surface area contributed by atoms with Crippen LogP contribution in [0.1, 0.15) is 5.01 Å². The monoisotopic (exact) mass is 154 g/mol. The summed E-state index contributed by atoms with van der Waals surface area (Å²) in [5.74, 6) is 0.527. The lowest BCUT2D eigenvalue weighted by Gasteiger charge is -1.75. The topological polar surface area (TPSA) is 56.2 Å². The third-order valence-electron chi connectivity index (χ3n) is 1.16. The van der Waals surface area contributed by atoms with Crippen LogP contribution >= 0.6 is 11.3 Å². The van der Waals surface area contributed by atoms with Gasteiger partial charge in [0.05, 0.1) is 6.20 Å². The molecule has 4 nitrogen and oxygen atoms in total. The van der Waals surface area contributed by atoms with Gasteiger partial charge in [-0.1, -0.05) is 11.3 Å². The van der Waals surface area contributed by atoms with E-state index in [4.69, 9.17) is 5.73 Å². The average molecular weight is 154 g/mol. The van der Waals surface area contributed by atoms with Crippen molar-refractivity contribution in [3.63, 3.8) is 0 Å². The predicted molar refractivity (Wildman–Crippen MR) is 40.0 cm³/mol. The summed E-state index contributed by atoms with van der Waals surface area (Å²) in [7, 11) is 0. The second-order valence-electron chi connectivity index (χ2n) is 2.01. The van der Waals surface area contributed by atoms with Crippen LogP contribution in [0.4, 0.5) is 5.82 Å². The van der Waals surface area contributed by atoms with E-state index in [-0.39, 0.29) is 0 Å². The van der Waals surface area contributed by atoms with E-state index in [0.717, 1.165) is 9.97 Å². The Balaban J connectivity index is 2.83. The third-order valence-corrected chi connectivity index (χ3v) is 2.00. The van der Waals surface area contributed by atoms with Crippen LogP contribution in [-0.4, -0.2) is 14.6 Å². The first kappa shape index (κ1) is 5.67. The molecule has 0 aromatic carbocycles. The van der Waals surface area contributed by atoms with Gasteiger partial charge < -0.3 is 5.73 Å². The average Bonchev–Trinajstić information content (AvgIpc) is 2.21. The lowest BCUT2D eigenvalue weighted by Crippen LogP contribution is -1.82. The number of nitrogen functional groups attached to an aromatic ring is 1. The zero-order valence-corrected chi connectivity index (χ0v) is 6.22. The molecule has 2 aromatic rings. The molecular weight excluding hydrogens is 148 g/mol. The van der Waals surface area contributed by atoms with Gasteiger partial charge >= 0.3 is 0 Å². The summed E-state index contributed by atoms with van der Waals surface area (Å²) in [6.07, 6.45) is 1.71. The van der Waals surface area contributed by atoms with Crippen molar-refractivity contribution in [2.24, 2.45) is 0 Å². The maximum atomic E-state index is 5.42. The van der Waals surface area contributed by atoms with Crippen molar-refractivity contribution >= 4 is 22.1 Å². The number of hydrogen-bond acceptors (Lipinski definition) is 4. The number of hydrogen-bond donors (Lipinski definition) is 1. The number of nitrogens with two attached hydrogens (primary N) is 1. The van der Waals surface area contributed by atoms with Crippen LogP contribution in [0.15, 0.2) is 6.20 Å². The van der Waals surface area contributed by atoms with Crippen LogP contribution in [0.2, 0.25) is 0 Å². The second-order valence-corrected chi connectivity index (χ2v) is 3.17.